The second-order valence-electron chi connectivity index (χ2n) is 6.95. The first kappa shape index (κ1) is 22.7. The molecule has 0 atom stereocenters. The third kappa shape index (κ3) is 6.26. The number of aryl methyl sites for hydroxylation is 2. The fourth-order valence-electron chi connectivity index (χ4n) is 2.63. The third-order valence-corrected chi connectivity index (χ3v) is 4.77. The standard InChI is InChI=1S/C24H20ClN3O4/c1-15-4-3-5-18(12-15)24(31)32-20-10-7-17(8-11-20)14-26-28-23(30)22(29)27-19-9-6-16(2)21(25)13-19/h3-14H,1-2H3,(H,27,29)(H,28,30). The molecule has 0 heterocycles. The number of halogens is 1. The predicted octanol–water partition coefficient (Wildman–Crippen LogP) is 4.26. The van der Waals surface area contributed by atoms with Crippen LogP contribution in [0.3, 0.4) is 0 Å². The van der Waals surface area contributed by atoms with Crippen LogP contribution in [-0.2, 0) is 9.59 Å². The Hall–Kier alpha value is -3.97. The second-order valence-corrected chi connectivity index (χ2v) is 7.35. The van der Waals surface area contributed by atoms with Crippen molar-refractivity contribution in [2.24, 2.45) is 5.10 Å². The van der Waals surface area contributed by atoms with Crippen molar-refractivity contribution < 1.29 is 19.1 Å². The van der Waals surface area contributed by atoms with Crippen molar-refractivity contribution in [3.63, 3.8) is 0 Å². The van der Waals surface area contributed by atoms with Crippen LogP contribution in [0, 0.1) is 13.8 Å². The van der Waals surface area contributed by atoms with Crippen molar-refractivity contribution in [3.8, 4) is 5.75 Å². The highest BCUT2D eigenvalue weighted by molar-refractivity contribution is 6.39. The zero-order chi connectivity index (χ0) is 23.1. The highest BCUT2D eigenvalue weighted by atomic mass is 35.5. The molecule has 0 aliphatic carbocycles. The third-order valence-electron chi connectivity index (χ3n) is 4.36. The molecule has 0 aliphatic heterocycles. The quantitative estimate of drug-likeness (QED) is 0.200. The maximum atomic E-state index is 12.2. The van der Waals surface area contributed by atoms with Crippen LogP contribution in [-0.4, -0.2) is 24.0 Å². The maximum absolute atomic E-state index is 12.2. The van der Waals surface area contributed by atoms with E-state index >= 15 is 0 Å². The van der Waals surface area contributed by atoms with Crippen molar-refractivity contribution in [2.75, 3.05) is 5.32 Å². The van der Waals surface area contributed by atoms with Crippen LogP contribution in [0.15, 0.2) is 71.8 Å². The fourth-order valence-corrected chi connectivity index (χ4v) is 2.82. The summed E-state index contributed by atoms with van der Waals surface area (Å²) in [7, 11) is 0. The molecule has 0 radical (unpaired) electrons. The fraction of sp³-hybridized carbons (Fsp3) is 0.0833. The van der Waals surface area contributed by atoms with Gasteiger partial charge in [0.2, 0.25) is 0 Å². The van der Waals surface area contributed by atoms with Gasteiger partial charge in [0.1, 0.15) is 5.75 Å². The molecule has 7 nitrogen and oxygen atoms in total. The van der Waals surface area contributed by atoms with Crippen molar-refractivity contribution >= 4 is 41.3 Å². The number of esters is 1. The van der Waals surface area contributed by atoms with Crippen LogP contribution < -0.4 is 15.5 Å². The summed E-state index contributed by atoms with van der Waals surface area (Å²) in [4.78, 5) is 36.0. The topological polar surface area (TPSA) is 96.9 Å². The maximum Gasteiger partial charge on any atom is 0.343 e. The van der Waals surface area contributed by atoms with Gasteiger partial charge < -0.3 is 10.1 Å². The molecule has 0 fully saturated rings. The summed E-state index contributed by atoms with van der Waals surface area (Å²) in [6.45, 7) is 3.72. The van der Waals surface area contributed by atoms with Crippen molar-refractivity contribution in [2.45, 2.75) is 13.8 Å². The van der Waals surface area contributed by atoms with Gasteiger partial charge in [-0.3, -0.25) is 9.59 Å². The van der Waals surface area contributed by atoms with E-state index in [1.807, 2.05) is 19.9 Å². The molecule has 0 saturated heterocycles. The zero-order valence-electron chi connectivity index (χ0n) is 17.4. The number of hydrogen-bond acceptors (Lipinski definition) is 5. The van der Waals surface area contributed by atoms with Gasteiger partial charge >= 0.3 is 17.8 Å². The first-order valence-electron chi connectivity index (χ1n) is 9.61. The number of amides is 2. The van der Waals surface area contributed by atoms with Gasteiger partial charge in [0.05, 0.1) is 11.8 Å². The molecule has 2 amide bonds. The summed E-state index contributed by atoms with van der Waals surface area (Å²) in [5, 5.41) is 6.69. The number of hydrazone groups is 1. The van der Waals surface area contributed by atoms with Crippen LogP contribution in [0.5, 0.6) is 5.75 Å². The van der Waals surface area contributed by atoms with Crippen molar-refractivity contribution in [1.29, 1.82) is 0 Å². The Morgan fingerprint density at radius 2 is 1.69 bits per heavy atom. The van der Waals surface area contributed by atoms with E-state index in [0.29, 0.717) is 27.6 Å². The molecule has 0 aromatic heterocycles. The SMILES string of the molecule is Cc1cccc(C(=O)Oc2ccc(C=NNC(=O)C(=O)Nc3ccc(C)c(Cl)c3)cc2)c1. The van der Waals surface area contributed by atoms with Gasteiger partial charge in [0, 0.05) is 10.7 Å². The molecule has 2 N–H and O–H groups in total. The number of nitrogens with one attached hydrogen (secondary N) is 2. The number of carbonyl (C=O) groups excluding carboxylic acids is 3. The Labute approximate surface area is 190 Å². The van der Waals surface area contributed by atoms with Gasteiger partial charge in [-0.1, -0.05) is 35.4 Å². The van der Waals surface area contributed by atoms with E-state index < -0.39 is 17.8 Å². The van der Waals surface area contributed by atoms with Gasteiger partial charge in [-0.25, -0.2) is 10.2 Å². The van der Waals surface area contributed by atoms with E-state index in [9.17, 15) is 14.4 Å². The normalized spacial score (nSPS) is 10.6. The van der Waals surface area contributed by atoms with Gasteiger partial charge in [-0.05, 0) is 73.5 Å². The summed E-state index contributed by atoms with van der Waals surface area (Å²) in [5.41, 5.74) is 5.47. The minimum Gasteiger partial charge on any atom is -0.423 e. The van der Waals surface area contributed by atoms with Crippen LogP contribution >= 0.6 is 11.6 Å². The largest absolute Gasteiger partial charge is 0.423 e. The minimum absolute atomic E-state index is 0.369. The molecule has 32 heavy (non-hydrogen) atoms. The molecule has 162 valence electrons. The predicted molar refractivity (Wildman–Crippen MR) is 123 cm³/mol. The molecular weight excluding hydrogens is 430 g/mol. The van der Waals surface area contributed by atoms with Crippen LogP contribution in [0.4, 0.5) is 5.69 Å². The number of rotatable bonds is 5. The number of nitrogens with zero attached hydrogens (tertiary/aromatic N) is 1. The number of carbonyl (C=O) groups is 3. The Bertz CT molecular complexity index is 1190. The minimum atomic E-state index is -0.929. The van der Waals surface area contributed by atoms with Gasteiger partial charge in [0.15, 0.2) is 0 Å². The van der Waals surface area contributed by atoms with E-state index in [2.05, 4.69) is 15.8 Å². The summed E-state index contributed by atoms with van der Waals surface area (Å²) in [6.07, 6.45) is 1.36. The van der Waals surface area contributed by atoms with Crippen LogP contribution in [0.2, 0.25) is 5.02 Å². The molecule has 3 aromatic rings. The number of benzene rings is 3. The van der Waals surface area contributed by atoms with Crippen LogP contribution in [0.1, 0.15) is 27.0 Å². The van der Waals surface area contributed by atoms with E-state index in [4.69, 9.17) is 16.3 Å². The van der Waals surface area contributed by atoms with Gasteiger partial charge in [-0.15, -0.1) is 0 Å². The number of anilines is 1. The number of ether oxygens (including phenoxy) is 1. The second kappa shape index (κ2) is 10.4. The van der Waals surface area contributed by atoms with E-state index in [-0.39, 0.29) is 0 Å². The zero-order valence-corrected chi connectivity index (χ0v) is 18.1. The average Bonchev–Trinajstić information content (AvgIpc) is 2.77. The van der Waals surface area contributed by atoms with Crippen molar-refractivity contribution in [1.82, 2.24) is 5.43 Å². The molecule has 3 rings (SSSR count). The van der Waals surface area contributed by atoms with E-state index in [1.165, 1.54) is 6.21 Å². The molecule has 0 spiro atoms. The highest BCUT2D eigenvalue weighted by Gasteiger charge is 2.13. The van der Waals surface area contributed by atoms with Crippen molar-refractivity contribution in [3.05, 3.63) is 94.0 Å². The lowest BCUT2D eigenvalue weighted by Crippen LogP contribution is -2.32. The Balaban J connectivity index is 1.51. The summed E-state index contributed by atoms with van der Waals surface area (Å²) in [6, 6.07) is 18.6. The van der Waals surface area contributed by atoms with Gasteiger partial charge in [-0.2, -0.15) is 5.10 Å². The first-order valence-corrected chi connectivity index (χ1v) is 9.99. The molecule has 0 bridgehead atoms. The smallest absolute Gasteiger partial charge is 0.343 e. The Morgan fingerprint density at radius 1 is 0.938 bits per heavy atom. The Kier molecular flexibility index (Phi) is 7.36. The monoisotopic (exact) mass is 449 g/mol. The van der Waals surface area contributed by atoms with E-state index in [1.54, 1.807) is 60.7 Å². The first-order chi connectivity index (χ1) is 15.3. The number of hydrogen-bond donors (Lipinski definition) is 2. The average molecular weight is 450 g/mol. The molecule has 3 aromatic carbocycles. The summed E-state index contributed by atoms with van der Waals surface area (Å²) >= 11 is 6.00. The van der Waals surface area contributed by atoms with Gasteiger partial charge in [0.25, 0.3) is 0 Å². The van der Waals surface area contributed by atoms with E-state index in [0.717, 1.165) is 11.1 Å². The highest BCUT2D eigenvalue weighted by Crippen LogP contribution is 2.19. The molecule has 0 saturated carbocycles. The molecule has 8 heteroatoms. The van der Waals surface area contributed by atoms with Crippen LogP contribution in [0.25, 0.3) is 0 Å². The molecule has 0 unspecified atom stereocenters. The molecule has 0 aliphatic rings. The molecular formula is C24H20ClN3O4. The lowest BCUT2D eigenvalue weighted by molar-refractivity contribution is -0.136. The summed E-state index contributed by atoms with van der Waals surface area (Å²) < 4.78 is 5.34. The Morgan fingerprint density at radius 3 is 2.38 bits per heavy atom. The summed E-state index contributed by atoms with van der Waals surface area (Å²) in [5.74, 6) is -1.89. The lowest BCUT2D eigenvalue weighted by atomic mass is 10.1. The lowest BCUT2D eigenvalue weighted by Gasteiger charge is -2.06.